The van der Waals surface area contributed by atoms with Gasteiger partial charge < -0.3 is 10.6 Å². The molecule has 0 aromatic rings. The maximum Gasteiger partial charge on any atom is 0.309 e. The van der Waals surface area contributed by atoms with Crippen LogP contribution in [0.5, 0.6) is 0 Å². The van der Waals surface area contributed by atoms with Crippen LogP contribution in [-0.4, -0.2) is 24.4 Å². The van der Waals surface area contributed by atoms with Crippen LogP contribution in [-0.2, 0) is 9.59 Å². The first-order valence-corrected chi connectivity index (χ1v) is 4.00. The van der Waals surface area contributed by atoms with Crippen LogP contribution in [0.2, 0.25) is 0 Å². The monoisotopic (exact) mass is 170 g/mol. The average Bonchev–Trinajstić information content (AvgIpc) is 1.92. The van der Waals surface area contributed by atoms with Gasteiger partial charge in [-0.25, -0.2) is 0 Å². The van der Waals surface area contributed by atoms with Crippen molar-refractivity contribution in [1.82, 2.24) is 10.6 Å². The van der Waals surface area contributed by atoms with Crippen LogP contribution in [0.3, 0.4) is 0 Å². The van der Waals surface area contributed by atoms with E-state index >= 15 is 0 Å². The van der Waals surface area contributed by atoms with Crippen LogP contribution in [0.1, 0.15) is 20.8 Å². The lowest BCUT2D eigenvalue weighted by atomic mass is 9.86. The van der Waals surface area contributed by atoms with E-state index in [2.05, 4.69) is 10.6 Å². The van der Waals surface area contributed by atoms with Crippen LogP contribution in [0.25, 0.3) is 0 Å². The molecule has 12 heavy (non-hydrogen) atoms. The molecule has 0 aromatic carbocycles. The lowest BCUT2D eigenvalue weighted by molar-refractivity contribution is -0.142. The molecular formula is C8H14N2O2. The van der Waals surface area contributed by atoms with Crippen LogP contribution >= 0.6 is 0 Å². The molecule has 68 valence electrons. The van der Waals surface area contributed by atoms with E-state index in [9.17, 15) is 9.59 Å². The number of nitrogens with one attached hydrogen (secondary N) is 2. The molecule has 0 radical (unpaired) electrons. The first-order chi connectivity index (χ1) is 5.41. The van der Waals surface area contributed by atoms with Gasteiger partial charge in [0.1, 0.15) is 0 Å². The Kier molecular flexibility index (Phi) is 2.08. The molecule has 4 nitrogen and oxygen atoms in total. The second-order valence-corrected chi connectivity index (χ2v) is 4.10. The van der Waals surface area contributed by atoms with E-state index in [-0.39, 0.29) is 11.5 Å². The highest BCUT2D eigenvalue weighted by molar-refractivity contribution is 6.35. The predicted octanol–water partition coefficient (Wildman–Crippen LogP) is -0.353. The smallest absolute Gasteiger partial charge is 0.309 e. The van der Waals surface area contributed by atoms with E-state index in [1.54, 1.807) is 0 Å². The van der Waals surface area contributed by atoms with Crippen molar-refractivity contribution >= 4 is 11.8 Å². The Labute approximate surface area is 71.7 Å². The Morgan fingerprint density at radius 3 is 2.25 bits per heavy atom. The summed E-state index contributed by atoms with van der Waals surface area (Å²) in [6.45, 7) is 6.59. The van der Waals surface area contributed by atoms with Gasteiger partial charge in [-0.2, -0.15) is 0 Å². The summed E-state index contributed by atoms with van der Waals surface area (Å²) in [5, 5.41) is 5.19. The molecule has 1 aliphatic heterocycles. The highest BCUT2D eigenvalue weighted by atomic mass is 16.2. The van der Waals surface area contributed by atoms with Crippen LogP contribution in [0, 0.1) is 5.41 Å². The van der Waals surface area contributed by atoms with Crippen molar-refractivity contribution in [3.05, 3.63) is 0 Å². The molecule has 1 fully saturated rings. The summed E-state index contributed by atoms with van der Waals surface area (Å²) in [7, 11) is 0. The van der Waals surface area contributed by atoms with E-state index in [0.717, 1.165) is 0 Å². The maximum absolute atomic E-state index is 10.9. The molecule has 2 amide bonds. The number of amides is 2. The minimum atomic E-state index is -0.532. The maximum atomic E-state index is 10.9. The lowest BCUT2D eigenvalue weighted by Crippen LogP contribution is -2.59. The van der Waals surface area contributed by atoms with Gasteiger partial charge in [0.15, 0.2) is 0 Å². The van der Waals surface area contributed by atoms with Crippen LogP contribution in [0.4, 0.5) is 0 Å². The molecule has 1 unspecified atom stereocenters. The molecule has 1 rings (SSSR count). The molecule has 1 saturated heterocycles. The van der Waals surface area contributed by atoms with Gasteiger partial charge in [-0.05, 0) is 5.41 Å². The van der Waals surface area contributed by atoms with E-state index in [4.69, 9.17) is 0 Å². The number of carbonyl (C=O) groups is 2. The Bertz CT molecular complexity index is 218. The number of hydrogen-bond donors (Lipinski definition) is 2. The molecule has 1 atom stereocenters. The number of hydrogen-bond acceptors (Lipinski definition) is 2. The van der Waals surface area contributed by atoms with Gasteiger partial charge >= 0.3 is 11.8 Å². The molecule has 1 aliphatic rings. The highest BCUT2D eigenvalue weighted by Crippen LogP contribution is 2.19. The quantitative estimate of drug-likeness (QED) is 0.488. The Balaban J connectivity index is 2.63. The van der Waals surface area contributed by atoms with Crippen molar-refractivity contribution in [2.75, 3.05) is 6.54 Å². The highest BCUT2D eigenvalue weighted by Gasteiger charge is 2.32. The molecule has 4 heteroatoms. The van der Waals surface area contributed by atoms with Gasteiger partial charge in [0.25, 0.3) is 0 Å². The van der Waals surface area contributed by atoms with E-state index in [1.165, 1.54) is 0 Å². The zero-order valence-electron chi connectivity index (χ0n) is 7.60. The SMILES string of the molecule is CC(C)(C)C1CNC(=O)C(=O)N1. The minimum Gasteiger partial charge on any atom is -0.346 e. The van der Waals surface area contributed by atoms with Crippen molar-refractivity contribution in [2.45, 2.75) is 26.8 Å². The third-order valence-electron chi connectivity index (χ3n) is 2.02. The van der Waals surface area contributed by atoms with Gasteiger partial charge in [0.05, 0.1) is 6.04 Å². The molecule has 1 heterocycles. The summed E-state index contributed by atoms with van der Waals surface area (Å²) in [4.78, 5) is 21.7. The number of rotatable bonds is 0. The van der Waals surface area contributed by atoms with Crippen molar-refractivity contribution < 1.29 is 9.59 Å². The van der Waals surface area contributed by atoms with Crippen molar-refractivity contribution in [3.8, 4) is 0 Å². The Hall–Kier alpha value is -1.06. The largest absolute Gasteiger partial charge is 0.346 e. The number of carbonyl (C=O) groups excluding carboxylic acids is 2. The van der Waals surface area contributed by atoms with Gasteiger partial charge in [-0.15, -0.1) is 0 Å². The lowest BCUT2D eigenvalue weighted by Gasteiger charge is -2.34. The Morgan fingerprint density at radius 1 is 1.25 bits per heavy atom. The number of piperazine rings is 1. The van der Waals surface area contributed by atoms with E-state index < -0.39 is 11.8 Å². The topological polar surface area (TPSA) is 58.2 Å². The van der Waals surface area contributed by atoms with E-state index in [0.29, 0.717) is 6.54 Å². The zero-order valence-corrected chi connectivity index (χ0v) is 7.60. The van der Waals surface area contributed by atoms with Gasteiger partial charge in [-0.3, -0.25) is 9.59 Å². The molecule has 0 aliphatic carbocycles. The minimum absolute atomic E-state index is 0.0106. The van der Waals surface area contributed by atoms with Crippen LogP contribution in [0.15, 0.2) is 0 Å². The van der Waals surface area contributed by atoms with Gasteiger partial charge in [-0.1, -0.05) is 20.8 Å². The summed E-state index contributed by atoms with van der Waals surface area (Å²) in [6.07, 6.45) is 0. The second kappa shape index (κ2) is 2.77. The van der Waals surface area contributed by atoms with Crippen molar-refractivity contribution in [3.63, 3.8) is 0 Å². The van der Waals surface area contributed by atoms with E-state index in [1.807, 2.05) is 20.8 Å². The third-order valence-corrected chi connectivity index (χ3v) is 2.02. The zero-order chi connectivity index (χ0) is 9.35. The van der Waals surface area contributed by atoms with Crippen molar-refractivity contribution in [2.24, 2.45) is 5.41 Å². The predicted molar refractivity (Wildman–Crippen MR) is 44.4 cm³/mol. The van der Waals surface area contributed by atoms with Crippen molar-refractivity contribution in [1.29, 1.82) is 0 Å². The summed E-state index contributed by atoms with van der Waals surface area (Å²) in [6, 6.07) is 0.0303. The third kappa shape index (κ3) is 1.75. The summed E-state index contributed by atoms with van der Waals surface area (Å²) < 4.78 is 0. The fraction of sp³-hybridized carbons (Fsp3) is 0.750. The summed E-state index contributed by atoms with van der Waals surface area (Å²) in [5.74, 6) is -1.06. The normalized spacial score (nSPS) is 24.8. The van der Waals surface area contributed by atoms with Gasteiger partial charge in [0.2, 0.25) is 0 Å². The first-order valence-electron chi connectivity index (χ1n) is 4.00. The molecule has 0 bridgehead atoms. The summed E-state index contributed by atoms with van der Waals surface area (Å²) in [5.41, 5.74) is -0.0106. The van der Waals surface area contributed by atoms with Crippen LogP contribution < -0.4 is 10.6 Å². The standard InChI is InChI=1S/C8H14N2O2/c1-8(2,3)5-4-9-6(11)7(12)10-5/h5H,4H2,1-3H3,(H,9,11)(H,10,12). The molecule has 0 spiro atoms. The molecule has 2 N–H and O–H groups in total. The Morgan fingerprint density at radius 2 is 1.83 bits per heavy atom. The first kappa shape index (κ1) is 9.03. The molecular weight excluding hydrogens is 156 g/mol. The fourth-order valence-electron chi connectivity index (χ4n) is 1.07. The average molecular weight is 170 g/mol. The second-order valence-electron chi connectivity index (χ2n) is 4.10. The molecule has 0 aromatic heterocycles. The van der Waals surface area contributed by atoms with Gasteiger partial charge in [0, 0.05) is 6.54 Å². The molecule has 0 saturated carbocycles. The fourth-order valence-corrected chi connectivity index (χ4v) is 1.07. The summed E-state index contributed by atoms with van der Waals surface area (Å²) >= 11 is 0.